The summed E-state index contributed by atoms with van der Waals surface area (Å²) < 4.78 is 11.2. The zero-order chi connectivity index (χ0) is 21.4. The number of carbonyl (C=O) groups excluding carboxylic acids is 1. The first kappa shape index (κ1) is 22.3. The second-order valence-corrected chi connectivity index (χ2v) is 6.91. The second kappa shape index (κ2) is 10.5. The normalized spacial score (nSPS) is 12.1. The number of amides is 1. The first-order valence-corrected chi connectivity index (χ1v) is 9.86. The number of ether oxygens (including phenoxy) is 2. The molecule has 2 rings (SSSR count). The number of hydrogen-bond acceptors (Lipinski definition) is 4. The average molecular weight is 413 g/mol. The fourth-order valence-electron chi connectivity index (χ4n) is 2.68. The molecule has 1 unspecified atom stereocenters. The van der Waals surface area contributed by atoms with Gasteiger partial charge < -0.3 is 14.8 Å². The second-order valence-electron chi connectivity index (χ2n) is 6.51. The Morgan fingerprint density at radius 3 is 2.66 bits per heavy atom. The number of nitrogens with one attached hydrogen (secondary N) is 1. The lowest BCUT2D eigenvalue weighted by atomic mass is 10.1. The number of hydrogen-bond donors (Lipinski definition) is 1. The molecule has 152 valence electrons. The molecule has 0 heterocycles. The van der Waals surface area contributed by atoms with Crippen molar-refractivity contribution in [3.05, 3.63) is 58.1 Å². The summed E-state index contributed by atoms with van der Waals surface area (Å²) in [6.07, 6.45) is 3.04. The average Bonchev–Trinajstić information content (AvgIpc) is 2.73. The topological polar surface area (TPSA) is 71.4 Å². The van der Waals surface area contributed by atoms with Crippen LogP contribution in [0, 0.1) is 11.3 Å². The van der Waals surface area contributed by atoms with E-state index in [1.165, 1.54) is 13.2 Å². The lowest BCUT2D eigenvalue weighted by Gasteiger charge is -2.17. The Labute approximate surface area is 176 Å². The SMILES string of the molecule is CCc1ccccc1NC(=O)/C(C#N)=C\c1cc(Cl)c(OC(C)CC)c(OC)c1. The van der Waals surface area contributed by atoms with Crippen molar-refractivity contribution in [3.8, 4) is 17.6 Å². The molecular formula is C23H25ClN2O3. The highest BCUT2D eigenvalue weighted by Gasteiger charge is 2.16. The van der Waals surface area contributed by atoms with Gasteiger partial charge in [0.05, 0.1) is 18.2 Å². The summed E-state index contributed by atoms with van der Waals surface area (Å²) in [5.41, 5.74) is 2.21. The van der Waals surface area contributed by atoms with E-state index in [0.29, 0.717) is 27.8 Å². The van der Waals surface area contributed by atoms with Crippen molar-refractivity contribution in [1.82, 2.24) is 0 Å². The minimum atomic E-state index is -0.483. The number of aryl methyl sites for hydroxylation is 1. The first-order chi connectivity index (χ1) is 13.9. The molecule has 0 aliphatic heterocycles. The van der Waals surface area contributed by atoms with Crippen molar-refractivity contribution >= 4 is 29.3 Å². The molecule has 2 aromatic rings. The van der Waals surface area contributed by atoms with E-state index in [4.69, 9.17) is 21.1 Å². The molecule has 6 heteroatoms. The zero-order valence-electron chi connectivity index (χ0n) is 17.1. The Bertz CT molecular complexity index is 948. The molecule has 0 aliphatic carbocycles. The van der Waals surface area contributed by atoms with Gasteiger partial charge in [0.1, 0.15) is 11.6 Å². The first-order valence-electron chi connectivity index (χ1n) is 9.48. The summed E-state index contributed by atoms with van der Waals surface area (Å²) in [6.45, 7) is 5.95. The molecule has 0 spiro atoms. The molecule has 0 aliphatic rings. The summed E-state index contributed by atoms with van der Waals surface area (Å²) in [4.78, 5) is 12.6. The quantitative estimate of drug-likeness (QED) is 0.450. The van der Waals surface area contributed by atoms with Crippen LogP contribution in [0.5, 0.6) is 11.5 Å². The van der Waals surface area contributed by atoms with Gasteiger partial charge in [-0.1, -0.05) is 43.6 Å². The molecule has 2 aromatic carbocycles. The lowest BCUT2D eigenvalue weighted by Crippen LogP contribution is -2.14. The van der Waals surface area contributed by atoms with Gasteiger partial charge in [-0.05, 0) is 55.2 Å². The van der Waals surface area contributed by atoms with Crippen molar-refractivity contribution < 1.29 is 14.3 Å². The summed E-state index contributed by atoms with van der Waals surface area (Å²) in [5.74, 6) is 0.405. The third kappa shape index (κ3) is 5.75. The number of rotatable bonds is 8. The van der Waals surface area contributed by atoms with Gasteiger partial charge in [-0.25, -0.2) is 0 Å². The van der Waals surface area contributed by atoms with Gasteiger partial charge in [-0.3, -0.25) is 4.79 Å². The number of halogens is 1. The largest absolute Gasteiger partial charge is 0.493 e. The number of methoxy groups -OCH3 is 1. The number of nitriles is 1. The summed E-state index contributed by atoms with van der Waals surface area (Å²) >= 11 is 6.37. The van der Waals surface area contributed by atoms with Gasteiger partial charge in [0.25, 0.3) is 5.91 Å². The molecule has 0 radical (unpaired) electrons. The van der Waals surface area contributed by atoms with E-state index < -0.39 is 5.91 Å². The molecule has 1 atom stereocenters. The Morgan fingerprint density at radius 1 is 1.31 bits per heavy atom. The van der Waals surface area contributed by atoms with Crippen molar-refractivity contribution in [2.24, 2.45) is 0 Å². The van der Waals surface area contributed by atoms with E-state index in [1.807, 2.05) is 51.1 Å². The van der Waals surface area contributed by atoms with Crippen LogP contribution in [0.4, 0.5) is 5.69 Å². The van der Waals surface area contributed by atoms with Crippen LogP contribution in [0.15, 0.2) is 42.0 Å². The van der Waals surface area contributed by atoms with Crippen molar-refractivity contribution in [3.63, 3.8) is 0 Å². The number of carbonyl (C=O) groups is 1. The number of anilines is 1. The molecule has 29 heavy (non-hydrogen) atoms. The molecule has 0 saturated heterocycles. The molecule has 5 nitrogen and oxygen atoms in total. The van der Waals surface area contributed by atoms with E-state index >= 15 is 0 Å². The van der Waals surface area contributed by atoms with Gasteiger partial charge in [0, 0.05) is 5.69 Å². The zero-order valence-corrected chi connectivity index (χ0v) is 17.8. The van der Waals surface area contributed by atoms with E-state index in [2.05, 4.69) is 5.32 Å². The Kier molecular flexibility index (Phi) is 8.11. The molecular weight excluding hydrogens is 388 g/mol. The molecule has 0 aromatic heterocycles. The van der Waals surface area contributed by atoms with Crippen molar-refractivity contribution in [1.29, 1.82) is 5.26 Å². The molecule has 1 N–H and O–H groups in total. The molecule has 0 bridgehead atoms. The number of nitrogens with zero attached hydrogens (tertiary/aromatic N) is 1. The molecule has 1 amide bonds. The minimum absolute atomic E-state index is 0.0260. The minimum Gasteiger partial charge on any atom is -0.493 e. The van der Waals surface area contributed by atoms with E-state index in [-0.39, 0.29) is 11.7 Å². The van der Waals surface area contributed by atoms with Crippen LogP contribution in [0.2, 0.25) is 5.02 Å². The maximum Gasteiger partial charge on any atom is 0.266 e. The third-order valence-corrected chi connectivity index (χ3v) is 4.75. The van der Waals surface area contributed by atoms with E-state index in [0.717, 1.165) is 18.4 Å². The van der Waals surface area contributed by atoms with Crippen LogP contribution in [0.25, 0.3) is 6.08 Å². The smallest absolute Gasteiger partial charge is 0.266 e. The van der Waals surface area contributed by atoms with Crippen LogP contribution in [0.1, 0.15) is 38.3 Å². The monoisotopic (exact) mass is 412 g/mol. The van der Waals surface area contributed by atoms with Gasteiger partial charge in [0.15, 0.2) is 11.5 Å². The van der Waals surface area contributed by atoms with E-state index in [9.17, 15) is 10.1 Å². The van der Waals surface area contributed by atoms with E-state index in [1.54, 1.807) is 12.1 Å². The highest BCUT2D eigenvalue weighted by molar-refractivity contribution is 6.32. The molecule has 0 fully saturated rings. The summed E-state index contributed by atoms with van der Waals surface area (Å²) in [7, 11) is 1.52. The van der Waals surface area contributed by atoms with Crippen LogP contribution in [-0.2, 0) is 11.2 Å². The predicted octanol–water partition coefficient (Wildman–Crippen LogP) is 5.63. The predicted molar refractivity (Wildman–Crippen MR) is 116 cm³/mol. The maximum atomic E-state index is 12.6. The number of para-hydroxylation sites is 1. The van der Waals surface area contributed by atoms with Crippen molar-refractivity contribution in [2.75, 3.05) is 12.4 Å². The van der Waals surface area contributed by atoms with Gasteiger partial charge in [-0.15, -0.1) is 0 Å². The summed E-state index contributed by atoms with van der Waals surface area (Å²) in [6, 6.07) is 12.8. The summed E-state index contributed by atoms with van der Waals surface area (Å²) in [5, 5.41) is 12.6. The fraction of sp³-hybridized carbons (Fsp3) is 0.304. The Morgan fingerprint density at radius 2 is 2.03 bits per heavy atom. The van der Waals surface area contributed by atoms with Crippen molar-refractivity contribution in [2.45, 2.75) is 39.7 Å². The van der Waals surface area contributed by atoms with Gasteiger partial charge >= 0.3 is 0 Å². The highest BCUT2D eigenvalue weighted by atomic mass is 35.5. The fourth-order valence-corrected chi connectivity index (χ4v) is 2.94. The number of benzene rings is 2. The maximum absolute atomic E-state index is 12.6. The molecule has 0 saturated carbocycles. The third-order valence-electron chi connectivity index (χ3n) is 4.47. The lowest BCUT2D eigenvalue weighted by molar-refractivity contribution is -0.112. The van der Waals surface area contributed by atoms with Crippen LogP contribution in [0.3, 0.4) is 0 Å². The van der Waals surface area contributed by atoms with Gasteiger partial charge in [-0.2, -0.15) is 5.26 Å². The Hall–Kier alpha value is -2.97. The van der Waals surface area contributed by atoms with Crippen LogP contribution < -0.4 is 14.8 Å². The Balaban J connectivity index is 2.33. The standard InChI is InChI=1S/C23H25ClN2O3/c1-5-15(3)29-22-19(24)12-16(13-21(22)28-4)11-18(14-25)23(27)26-20-10-8-7-9-17(20)6-2/h7-13,15H,5-6H2,1-4H3,(H,26,27)/b18-11-. The highest BCUT2D eigenvalue weighted by Crippen LogP contribution is 2.38. The van der Waals surface area contributed by atoms with Gasteiger partial charge in [0.2, 0.25) is 0 Å². The van der Waals surface area contributed by atoms with Crippen LogP contribution >= 0.6 is 11.6 Å². The van der Waals surface area contributed by atoms with Crippen LogP contribution in [-0.4, -0.2) is 19.1 Å².